The standard InChI is InChI=1S/C20H19F3N4O3/c1-5-8-26-11(2)9-14(12(26)3)15(28)10-27-18(29)13-6-7-16(20(21,22)23)24-17(13)25(4)19(27)30/h5-7,9H,1,8,10H2,2-4H3. The number of Topliss-reactive ketones (excluding diaryl/α,β-unsaturated/α-hetero) is 1. The van der Waals surface area contributed by atoms with Crippen LogP contribution >= 0.6 is 0 Å². The van der Waals surface area contributed by atoms with Gasteiger partial charge in [-0.2, -0.15) is 13.2 Å². The first-order valence-electron chi connectivity index (χ1n) is 8.96. The van der Waals surface area contributed by atoms with Crippen LogP contribution in [0.5, 0.6) is 0 Å². The fourth-order valence-electron chi connectivity index (χ4n) is 3.39. The fraction of sp³-hybridized carbons (Fsp3) is 0.300. The average Bonchev–Trinajstić information content (AvgIpc) is 2.97. The van der Waals surface area contributed by atoms with E-state index in [4.69, 9.17) is 0 Å². The molecule has 0 amide bonds. The molecule has 0 N–H and O–H groups in total. The number of aromatic nitrogens is 4. The van der Waals surface area contributed by atoms with Gasteiger partial charge in [-0.05, 0) is 32.0 Å². The quantitative estimate of drug-likeness (QED) is 0.470. The fourth-order valence-corrected chi connectivity index (χ4v) is 3.39. The summed E-state index contributed by atoms with van der Waals surface area (Å²) in [4.78, 5) is 41.6. The molecule has 0 saturated carbocycles. The number of pyridine rings is 1. The van der Waals surface area contributed by atoms with E-state index in [-0.39, 0.29) is 5.39 Å². The van der Waals surface area contributed by atoms with Gasteiger partial charge < -0.3 is 4.57 Å². The van der Waals surface area contributed by atoms with Gasteiger partial charge in [0.15, 0.2) is 5.78 Å². The molecule has 0 aliphatic rings. The third kappa shape index (κ3) is 3.49. The SMILES string of the molecule is C=CCn1c(C)cc(C(=O)Cn2c(=O)c3ccc(C(F)(F)F)nc3n(C)c2=O)c1C. The largest absolute Gasteiger partial charge is 0.433 e. The van der Waals surface area contributed by atoms with Gasteiger partial charge in [-0.25, -0.2) is 9.78 Å². The smallest absolute Gasteiger partial charge is 0.345 e. The van der Waals surface area contributed by atoms with Crippen LogP contribution in [0.2, 0.25) is 0 Å². The zero-order valence-corrected chi connectivity index (χ0v) is 16.6. The molecule has 0 bridgehead atoms. The first-order valence-corrected chi connectivity index (χ1v) is 8.96. The molecule has 0 atom stereocenters. The Bertz CT molecular complexity index is 1300. The number of rotatable bonds is 5. The van der Waals surface area contributed by atoms with Crippen molar-refractivity contribution in [3.8, 4) is 0 Å². The van der Waals surface area contributed by atoms with Gasteiger partial charge in [0.2, 0.25) is 0 Å². The molecule has 0 radical (unpaired) electrons. The molecule has 10 heteroatoms. The molecule has 3 aromatic rings. The number of carbonyl (C=O) groups is 1. The van der Waals surface area contributed by atoms with E-state index in [1.807, 2.05) is 11.5 Å². The molecule has 0 aliphatic carbocycles. The highest BCUT2D eigenvalue weighted by Crippen LogP contribution is 2.28. The Labute approximate surface area is 168 Å². The van der Waals surface area contributed by atoms with E-state index in [0.29, 0.717) is 28.4 Å². The van der Waals surface area contributed by atoms with E-state index in [9.17, 15) is 27.6 Å². The van der Waals surface area contributed by atoms with Gasteiger partial charge >= 0.3 is 11.9 Å². The minimum Gasteiger partial charge on any atom is -0.345 e. The predicted octanol–water partition coefficient (Wildman–Crippen LogP) is 2.60. The molecule has 3 heterocycles. The van der Waals surface area contributed by atoms with Crippen LogP contribution in [0.1, 0.15) is 27.4 Å². The van der Waals surface area contributed by atoms with Crippen LogP contribution < -0.4 is 11.2 Å². The lowest BCUT2D eigenvalue weighted by Gasteiger charge is -2.12. The molecule has 3 rings (SSSR count). The van der Waals surface area contributed by atoms with E-state index >= 15 is 0 Å². The lowest BCUT2D eigenvalue weighted by atomic mass is 10.1. The third-order valence-electron chi connectivity index (χ3n) is 4.96. The molecule has 0 spiro atoms. The zero-order chi connectivity index (χ0) is 22.4. The number of fused-ring (bicyclic) bond motifs is 1. The number of nitrogens with zero attached hydrogens (tertiary/aromatic N) is 4. The second kappa shape index (κ2) is 7.43. The summed E-state index contributed by atoms with van der Waals surface area (Å²) in [5.41, 5.74) is -1.57. The summed E-state index contributed by atoms with van der Waals surface area (Å²) in [7, 11) is 1.20. The molecule has 3 aromatic heterocycles. The topological polar surface area (TPSA) is 78.9 Å². The van der Waals surface area contributed by atoms with Crippen LogP contribution in [0.3, 0.4) is 0 Å². The van der Waals surface area contributed by atoms with Crippen molar-refractivity contribution in [2.45, 2.75) is 33.1 Å². The maximum Gasteiger partial charge on any atom is 0.433 e. The average molecular weight is 420 g/mol. The Morgan fingerprint density at radius 3 is 2.47 bits per heavy atom. The van der Waals surface area contributed by atoms with Crippen LogP contribution in [-0.2, 0) is 26.3 Å². The Balaban J connectivity index is 2.11. The van der Waals surface area contributed by atoms with E-state index in [2.05, 4.69) is 11.6 Å². The number of allylic oxidation sites excluding steroid dienone is 1. The summed E-state index contributed by atoms with van der Waals surface area (Å²) < 4.78 is 42.2. The number of carbonyl (C=O) groups excluding carboxylic acids is 1. The van der Waals surface area contributed by atoms with Crippen LogP contribution in [0.15, 0.2) is 40.4 Å². The van der Waals surface area contributed by atoms with E-state index in [1.54, 1.807) is 19.1 Å². The summed E-state index contributed by atoms with van der Waals surface area (Å²) in [6.07, 6.45) is -3.04. The van der Waals surface area contributed by atoms with Gasteiger partial charge in [0, 0.05) is 30.5 Å². The van der Waals surface area contributed by atoms with E-state index in [0.717, 1.165) is 16.3 Å². The number of alkyl halides is 3. The lowest BCUT2D eigenvalue weighted by Crippen LogP contribution is -2.41. The highest BCUT2D eigenvalue weighted by molar-refractivity contribution is 5.97. The number of ketones is 1. The molecule has 0 saturated heterocycles. The van der Waals surface area contributed by atoms with Crippen molar-refractivity contribution >= 4 is 16.8 Å². The summed E-state index contributed by atoms with van der Waals surface area (Å²) in [6.45, 7) is 7.19. The maximum atomic E-state index is 12.9. The van der Waals surface area contributed by atoms with Gasteiger partial charge in [-0.3, -0.25) is 18.7 Å². The van der Waals surface area contributed by atoms with Crippen molar-refractivity contribution < 1.29 is 18.0 Å². The van der Waals surface area contributed by atoms with Gasteiger partial charge in [0.1, 0.15) is 11.3 Å². The molecule has 30 heavy (non-hydrogen) atoms. The Hall–Kier alpha value is -3.43. The highest BCUT2D eigenvalue weighted by Gasteiger charge is 2.33. The first kappa shape index (κ1) is 21.3. The number of halogens is 3. The van der Waals surface area contributed by atoms with Gasteiger partial charge in [0.25, 0.3) is 5.56 Å². The summed E-state index contributed by atoms with van der Waals surface area (Å²) in [6, 6.07) is 3.29. The second-order valence-corrected chi connectivity index (χ2v) is 6.91. The molecular formula is C20H19F3N4O3. The zero-order valence-electron chi connectivity index (χ0n) is 16.6. The normalized spacial score (nSPS) is 11.8. The Kier molecular flexibility index (Phi) is 5.27. The van der Waals surface area contributed by atoms with E-state index < -0.39 is 41.1 Å². The third-order valence-corrected chi connectivity index (χ3v) is 4.96. The van der Waals surface area contributed by atoms with Crippen LogP contribution in [0, 0.1) is 13.8 Å². The van der Waals surface area contributed by atoms with Crippen molar-refractivity contribution in [1.29, 1.82) is 0 Å². The monoisotopic (exact) mass is 420 g/mol. The van der Waals surface area contributed by atoms with Crippen molar-refractivity contribution in [2.75, 3.05) is 0 Å². The number of hydrogen-bond acceptors (Lipinski definition) is 4. The van der Waals surface area contributed by atoms with Crippen molar-refractivity contribution in [2.24, 2.45) is 7.05 Å². The molecule has 0 fully saturated rings. The minimum atomic E-state index is -4.72. The van der Waals surface area contributed by atoms with Crippen LogP contribution in [-0.4, -0.2) is 24.5 Å². The number of hydrogen-bond donors (Lipinski definition) is 0. The second-order valence-electron chi connectivity index (χ2n) is 6.91. The van der Waals surface area contributed by atoms with Crippen LogP contribution in [0.4, 0.5) is 13.2 Å². The van der Waals surface area contributed by atoms with Gasteiger partial charge in [0.05, 0.1) is 11.9 Å². The predicted molar refractivity (Wildman–Crippen MR) is 105 cm³/mol. The van der Waals surface area contributed by atoms with Crippen molar-refractivity contribution in [3.05, 3.63) is 74.3 Å². The molecule has 0 unspecified atom stereocenters. The Morgan fingerprint density at radius 1 is 1.20 bits per heavy atom. The summed E-state index contributed by atoms with van der Waals surface area (Å²) in [5.74, 6) is -0.461. The molecule has 158 valence electrons. The minimum absolute atomic E-state index is 0.185. The molecule has 0 aromatic carbocycles. The Morgan fingerprint density at radius 2 is 1.87 bits per heavy atom. The summed E-state index contributed by atoms with van der Waals surface area (Å²) >= 11 is 0. The molecule has 7 nitrogen and oxygen atoms in total. The van der Waals surface area contributed by atoms with Gasteiger partial charge in [-0.1, -0.05) is 6.08 Å². The summed E-state index contributed by atoms with van der Waals surface area (Å²) in [5, 5.41) is -0.185. The van der Waals surface area contributed by atoms with Crippen molar-refractivity contribution in [3.63, 3.8) is 0 Å². The molecule has 0 aliphatic heterocycles. The highest BCUT2D eigenvalue weighted by atomic mass is 19.4. The maximum absolute atomic E-state index is 12.9. The lowest BCUT2D eigenvalue weighted by molar-refractivity contribution is -0.141. The van der Waals surface area contributed by atoms with Crippen LogP contribution in [0.25, 0.3) is 11.0 Å². The van der Waals surface area contributed by atoms with Crippen molar-refractivity contribution in [1.82, 2.24) is 18.7 Å². The van der Waals surface area contributed by atoms with E-state index in [1.165, 1.54) is 7.05 Å². The number of aryl methyl sites for hydroxylation is 2. The first-order chi connectivity index (χ1) is 14.0. The van der Waals surface area contributed by atoms with Gasteiger partial charge in [-0.15, -0.1) is 6.58 Å². The molecular weight excluding hydrogens is 401 g/mol.